The molecule has 8 nitrogen and oxygen atoms in total. The molecule has 1 amide bonds. The summed E-state index contributed by atoms with van der Waals surface area (Å²) in [6.45, 7) is 1.07. The first-order valence-electron chi connectivity index (χ1n) is 12.2. The third-order valence-corrected chi connectivity index (χ3v) is 7.74. The van der Waals surface area contributed by atoms with Gasteiger partial charge < -0.3 is 28.6 Å². The van der Waals surface area contributed by atoms with E-state index in [0.717, 1.165) is 16.7 Å². The Bertz CT molecular complexity index is 1430. The number of fused-ring (bicyclic) bond motifs is 3. The van der Waals surface area contributed by atoms with E-state index in [4.69, 9.17) is 35.3 Å². The molecule has 0 aromatic heterocycles. The molecule has 0 bridgehead atoms. The van der Waals surface area contributed by atoms with Crippen LogP contribution in [0.1, 0.15) is 22.7 Å². The van der Waals surface area contributed by atoms with Crippen molar-refractivity contribution in [1.29, 1.82) is 0 Å². The summed E-state index contributed by atoms with van der Waals surface area (Å²) in [5.41, 5.74) is 3.20. The smallest absolute Gasteiger partial charge is 0.244 e. The molecule has 0 radical (unpaired) electrons. The van der Waals surface area contributed by atoms with Crippen LogP contribution >= 0.6 is 11.6 Å². The molecule has 38 heavy (non-hydrogen) atoms. The molecule has 1 saturated heterocycles. The van der Waals surface area contributed by atoms with Gasteiger partial charge in [-0.2, -0.15) is 0 Å². The number of carbonyl (C=O) groups is 1. The van der Waals surface area contributed by atoms with E-state index in [1.54, 1.807) is 32.3 Å². The molecule has 0 spiro atoms. The lowest BCUT2D eigenvalue weighted by Crippen LogP contribution is -2.60. The average Bonchev–Trinajstić information content (AvgIpc) is 3.41. The van der Waals surface area contributed by atoms with E-state index in [2.05, 4.69) is 4.90 Å². The van der Waals surface area contributed by atoms with Crippen molar-refractivity contribution in [3.63, 3.8) is 0 Å². The van der Waals surface area contributed by atoms with Gasteiger partial charge in [-0.15, -0.1) is 0 Å². The molecular weight excluding hydrogens is 515 g/mol. The Labute approximate surface area is 224 Å². The van der Waals surface area contributed by atoms with Gasteiger partial charge in [-0.05, 0) is 53.9 Å². The monoisotopic (exact) mass is 540 g/mol. The number of benzene rings is 3. The van der Waals surface area contributed by atoms with Crippen molar-refractivity contribution in [2.45, 2.75) is 18.5 Å². The molecule has 198 valence electrons. The summed E-state index contributed by atoms with van der Waals surface area (Å²) in [7, 11) is 4.73. The van der Waals surface area contributed by atoms with Crippen molar-refractivity contribution in [1.82, 2.24) is 4.90 Å². The minimum absolute atomic E-state index is 0.0161. The Balaban J connectivity index is 1.50. The minimum Gasteiger partial charge on any atom is -0.493 e. The zero-order chi connectivity index (χ0) is 26.6. The number of piperazine rings is 1. The van der Waals surface area contributed by atoms with Crippen LogP contribution < -0.4 is 28.6 Å². The highest BCUT2D eigenvalue weighted by Gasteiger charge is 2.46. The maximum Gasteiger partial charge on any atom is 0.244 e. The van der Waals surface area contributed by atoms with Gasteiger partial charge in [0.05, 0.1) is 38.4 Å². The molecule has 3 aliphatic rings. The zero-order valence-electron chi connectivity index (χ0n) is 21.1. The Morgan fingerprint density at radius 2 is 1.74 bits per heavy atom. The van der Waals surface area contributed by atoms with Crippen molar-refractivity contribution in [2.24, 2.45) is 0 Å². The van der Waals surface area contributed by atoms with Gasteiger partial charge in [0.1, 0.15) is 5.82 Å². The van der Waals surface area contributed by atoms with Crippen LogP contribution in [0.25, 0.3) is 0 Å². The van der Waals surface area contributed by atoms with Crippen LogP contribution in [0.15, 0.2) is 42.5 Å². The molecule has 0 N–H and O–H groups in total. The molecule has 3 aromatic rings. The number of hydrogen-bond acceptors (Lipinski definition) is 7. The van der Waals surface area contributed by atoms with Gasteiger partial charge in [0, 0.05) is 24.3 Å². The molecule has 1 unspecified atom stereocenters. The highest BCUT2D eigenvalue weighted by atomic mass is 35.5. The van der Waals surface area contributed by atoms with Crippen molar-refractivity contribution < 1.29 is 32.9 Å². The normalized spacial score (nSPS) is 20.1. The predicted molar refractivity (Wildman–Crippen MR) is 138 cm³/mol. The number of ether oxygens (including phenoxy) is 5. The van der Waals surface area contributed by atoms with Crippen molar-refractivity contribution in [2.75, 3.05) is 46.1 Å². The molecule has 10 heteroatoms. The summed E-state index contributed by atoms with van der Waals surface area (Å²) < 4.78 is 42.7. The highest BCUT2D eigenvalue weighted by Crippen LogP contribution is 2.52. The lowest BCUT2D eigenvalue weighted by atomic mass is 9.82. The summed E-state index contributed by atoms with van der Waals surface area (Å²) in [6, 6.07) is 11.3. The van der Waals surface area contributed by atoms with Crippen LogP contribution in [0.2, 0.25) is 5.02 Å². The largest absolute Gasteiger partial charge is 0.493 e. The van der Waals surface area contributed by atoms with Gasteiger partial charge in [0.2, 0.25) is 18.4 Å². The number of hydrogen-bond donors (Lipinski definition) is 0. The van der Waals surface area contributed by atoms with Crippen LogP contribution in [0.3, 0.4) is 0 Å². The number of methoxy groups -OCH3 is 3. The molecule has 1 fully saturated rings. The van der Waals surface area contributed by atoms with Gasteiger partial charge in [0.25, 0.3) is 0 Å². The third-order valence-electron chi connectivity index (χ3n) is 7.43. The van der Waals surface area contributed by atoms with Crippen molar-refractivity contribution in [3.8, 4) is 28.7 Å². The summed E-state index contributed by atoms with van der Waals surface area (Å²) >= 11 is 5.89. The van der Waals surface area contributed by atoms with Crippen LogP contribution in [-0.2, 0) is 11.2 Å². The van der Waals surface area contributed by atoms with E-state index in [1.807, 2.05) is 24.3 Å². The quantitative estimate of drug-likeness (QED) is 0.468. The Morgan fingerprint density at radius 1 is 0.947 bits per heavy atom. The second kappa shape index (κ2) is 9.56. The fraction of sp³-hybridized carbons (Fsp3) is 0.321. The predicted octanol–water partition coefficient (Wildman–Crippen LogP) is 4.60. The van der Waals surface area contributed by atoms with Crippen molar-refractivity contribution >= 4 is 23.2 Å². The number of rotatable bonds is 5. The lowest BCUT2D eigenvalue weighted by molar-refractivity contribution is -0.127. The molecule has 0 saturated carbocycles. The number of halogens is 2. The van der Waals surface area contributed by atoms with Gasteiger partial charge in [-0.25, -0.2) is 4.39 Å². The summed E-state index contributed by atoms with van der Waals surface area (Å²) in [5, 5.41) is 0.0161. The Morgan fingerprint density at radius 3 is 2.47 bits per heavy atom. The van der Waals surface area contributed by atoms with E-state index in [9.17, 15) is 9.18 Å². The van der Waals surface area contributed by atoms with Gasteiger partial charge in [-0.1, -0.05) is 17.7 Å². The van der Waals surface area contributed by atoms with Crippen LogP contribution in [0, 0.1) is 5.82 Å². The Kier molecular flexibility index (Phi) is 6.20. The van der Waals surface area contributed by atoms with Crippen LogP contribution in [-0.4, -0.2) is 58.1 Å². The summed E-state index contributed by atoms with van der Waals surface area (Å²) in [5.74, 6) is 2.19. The van der Waals surface area contributed by atoms with Crippen LogP contribution in [0.5, 0.6) is 28.7 Å². The van der Waals surface area contributed by atoms with E-state index < -0.39 is 11.9 Å². The molecule has 3 aromatic carbocycles. The zero-order valence-corrected chi connectivity index (χ0v) is 21.9. The van der Waals surface area contributed by atoms with E-state index in [-0.39, 0.29) is 23.8 Å². The molecule has 6 rings (SSSR count). The molecular formula is C28H26ClFN2O6. The maximum atomic E-state index is 14.3. The van der Waals surface area contributed by atoms with Crippen LogP contribution in [0.4, 0.5) is 10.1 Å². The molecule has 3 heterocycles. The number of nitrogens with zero attached hydrogens (tertiary/aromatic N) is 2. The SMILES string of the molecule is COc1cc2c(c(OC)c1OC)[C@@H](c1ccc3c(c1)OCO3)N1CCN(c3ccc(Cl)c(F)c3)C(=O)C1C2. The summed E-state index contributed by atoms with van der Waals surface area (Å²) in [4.78, 5) is 17.8. The molecule has 2 atom stereocenters. The topological polar surface area (TPSA) is 69.7 Å². The average molecular weight is 541 g/mol. The van der Waals surface area contributed by atoms with E-state index >= 15 is 0 Å². The van der Waals surface area contributed by atoms with Gasteiger partial charge >= 0.3 is 0 Å². The number of carbonyl (C=O) groups excluding carboxylic acids is 1. The summed E-state index contributed by atoms with van der Waals surface area (Å²) in [6.07, 6.45) is 0.415. The second-order valence-electron chi connectivity index (χ2n) is 9.28. The van der Waals surface area contributed by atoms with E-state index in [1.165, 1.54) is 12.1 Å². The van der Waals surface area contributed by atoms with Gasteiger partial charge in [-0.3, -0.25) is 9.69 Å². The van der Waals surface area contributed by atoms with E-state index in [0.29, 0.717) is 53.9 Å². The first-order valence-corrected chi connectivity index (χ1v) is 12.6. The molecule has 3 aliphatic heterocycles. The standard InChI is InChI=1S/C28H26ClFN2O6/c1-34-23-12-16-10-20-28(33)31(17-5-6-18(29)19(30)13-17)8-9-32(20)25(24(16)27(36-3)26(23)35-2)15-4-7-21-22(11-15)38-14-37-21/h4-7,11-13,20,25H,8-10,14H2,1-3H3/t20?,25-/m1/s1. The number of anilines is 1. The maximum absolute atomic E-state index is 14.3. The first kappa shape index (κ1) is 24.6. The highest BCUT2D eigenvalue weighted by molar-refractivity contribution is 6.30. The fourth-order valence-corrected chi connectivity index (χ4v) is 5.86. The lowest BCUT2D eigenvalue weighted by Gasteiger charge is -2.48. The fourth-order valence-electron chi connectivity index (χ4n) is 5.74. The first-order chi connectivity index (χ1) is 18.4. The Hall–Kier alpha value is -3.69. The third kappa shape index (κ3) is 3.80. The minimum atomic E-state index is -0.562. The molecule has 0 aliphatic carbocycles. The van der Waals surface area contributed by atoms with Gasteiger partial charge in [0.15, 0.2) is 23.0 Å². The van der Waals surface area contributed by atoms with Crippen molar-refractivity contribution in [3.05, 3.63) is 70.0 Å². The number of amides is 1. The second-order valence-corrected chi connectivity index (χ2v) is 9.69.